The molecule has 1 saturated carbocycles. The van der Waals surface area contributed by atoms with E-state index in [9.17, 15) is 28.0 Å². The summed E-state index contributed by atoms with van der Waals surface area (Å²) < 4.78 is 42.8. The topological polar surface area (TPSA) is 95.6 Å². The van der Waals surface area contributed by atoms with Crippen LogP contribution in [-0.2, 0) is 24.8 Å². The average Bonchev–Trinajstić information content (AvgIpc) is 3.53. The molecule has 1 aromatic rings. The molecule has 2 saturated heterocycles. The van der Waals surface area contributed by atoms with E-state index < -0.39 is 53.8 Å². The molecule has 190 valence electrons. The van der Waals surface area contributed by atoms with Gasteiger partial charge in [-0.1, -0.05) is 18.6 Å². The second-order valence-corrected chi connectivity index (χ2v) is 9.94. The Bertz CT molecular complexity index is 1020. The van der Waals surface area contributed by atoms with Gasteiger partial charge in [-0.05, 0) is 56.6 Å². The lowest BCUT2D eigenvalue weighted by Gasteiger charge is -2.33. The van der Waals surface area contributed by atoms with Crippen molar-refractivity contribution in [2.24, 2.45) is 17.8 Å². The molecule has 1 aromatic carbocycles. The Hall–Kier alpha value is -2.91. The summed E-state index contributed by atoms with van der Waals surface area (Å²) in [6, 6.07) is 2.46. The molecule has 1 aliphatic carbocycles. The van der Waals surface area contributed by atoms with Crippen LogP contribution in [0.15, 0.2) is 24.3 Å². The monoisotopic (exact) mass is 493 g/mol. The van der Waals surface area contributed by atoms with E-state index in [0.717, 1.165) is 31.9 Å². The number of amides is 3. The minimum absolute atomic E-state index is 0.00561. The first kappa shape index (κ1) is 25.2. The predicted molar refractivity (Wildman–Crippen MR) is 120 cm³/mol. The number of hydrogen-bond acceptors (Lipinski definition) is 4. The smallest absolute Gasteiger partial charge is 0.265 e. The van der Waals surface area contributed by atoms with Gasteiger partial charge in [-0.25, -0.2) is 13.2 Å². The molecule has 0 radical (unpaired) electrons. The van der Waals surface area contributed by atoms with Crippen molar-refractivity contribution >= 4 is 23.5 Å². The van der Waals surface area contributed by atoms with E-state index in [2.05, 4.69) is 10.6 Å². The third kappa shape index (κ3) is 4.92. The van der Waals surface area contributed by atoms with Crippen molar-refractivity contribution in [1.29, 1.82) is 0 Å². The lowest BCUT2D eigenvalue weighted by Crippen LogP contribution is -2.55. The molecule has 6 atom stereocenters. The number of nitrogens with zero attached hydrogens (tertiary/aromatic N) is 1. The second kappa shape index (κ2) is 9.99. The molecule has 10 heteroatoms. The maximum atomic E-state index is 15.8. The molecule has 4 rings (SSSR count). The minimum Gasteiger partial charge on any atom is -0.356 e. The molecule has 3 fully saturated rings. The van der Waals surface area contributed by atoms with Gasteiger partial charge in [0, 0.05) is 24.6 Å². The largest absolute Gasteiger partial charge is 0.356 e. The molecular weight excluding hydrogens is 463 g/mol. The Morgan fingerprint density at radius 1 is 1.26 bits per heavy atom. The van der Waals surface area contributed by atoms with Gasteiger partial charge in [-0.3, -0.25) is 19.2 Å². The summed E-state index contributed by atoms with van der Waals surface area (Å²) in [4.78, 5) is 52.3. The maximum absolute atomic E-state index is 15.8. The van der Waals surface area contributed by atoms with Crippen LogP contribution in [-0.4, -0.2) is 60.3 Å². The Morgan fingerprint density at radius 2 is 2.03 bits per heavy atom. The SMILES string of the molecule is C[C@@](F)(C(=O)N1C[C@H]2CCC[C@H]2[C@@H]1C(=O)N[C@@H](C[C@H]1CCNC1=O)C(=O)CF)c1cccc(F)c1. The molecule has 35 heavy (non-hydrogen) atoms. The normalized spacial score (nSPS) is 28.2. The van der Waals surface area contributed by atoms with E-state index in [1.165, 1.54) is 17.0 Å². The van der Waals surface area contributed by atoms with Gasteiger partial charge in [-0.15, -0.1) is 0 Å². The Balaban J connectivity index is 1.57. The number of carbonyl (C=O) groups is 4. The van der Waals surface area contributed by atoms with Gasteiger partial charge < -0.3 is 15.5 Å². The van der Waals surface area contributed by atoms with Crippen LogP contribution in [0, 0.1) is 23.6 Å². The van der Waals surface area contributed by atoms with Crippen LogP contribution in [0.1, 0.15) is 44.6 Å². The number of hydrogen-bond donors (Lipinski definition) is 2. The Labute approximate surface area is 201 Å². The summed E-state index contributed by atoms with van der Waals surface area (Å²) in [5.41, 5.74) is -2.73. The van der Waals surface area contributed by atoms with E-state index in [-0.39, 0.29) is 36.3 Å². The standard InChI is InChI=1S/C25H30F3N3O4/c1-25(28,16-5-3-6-17(27)11-16)24(35)31-13-15-4-2-7-18(15)21(31)23(34)30-19(20(32)12-26)10-14-8-9-29-22(14)33/h3,5-6,11,14-15,18-19,21H,2,4,7-10,12-13H2,1H3,(H,29,33)(H,30,34)/t14-,15-,18-,19+,21-,25+/m1/s1. The van der Waals surface area contributed by atoms with Crippen LogP contribution >= 0.6 is 0 Å². The number of ketones is 1. The van der Waals surface area contributed by atoms with Crippen LogP contribution in [0.2, 0.25) is 0 Å². The molecule has 7 nitrogen and oxygen atoms in total. The van der Waals surface area contributed by atoms with Gasteiger partial charge in [-0.2, -0.15) is 0 Å². The molecule has 0 unspecified atom stereocenters. The minimum atomic E-state index is -2.57. The Morgan fingerprint density at radius 3 is 2.69 bits per heavy atom. The van der Waals surface area contributed by atoms with E-state index in [0.29, 0.717) is 19.4 Å². The highest BCUT2D eigenvalue weighted by atomic mass is 19.1. The summed E-state index contributed by atoms with van der Waals surface area (Å²) in [6.45, 7) is 0.350. The van der Waals surface area contributed by atoms with Crippen LogP contribution < -0.4 is 10.6 Å². The van der Waals surface area contributed by atoms with Crippen molar-refractivity contribution in [2.75, 3.05) is 19.8 Å². The molecule has 2 aliphatic heterocycles. The molecule has 2 heterocycles. The zero-order valence-electron chi connectivity index (χ0n) is 19.6. The fourth-order valence-electron chi connectivity index (χ4n) is 5.80. The Kier molecular flexibility index (Phi) is 7.19. The molecule has 0 spiro atoms. The number of alkyl halides is 2. The summed E-state index contributed by atoms with van der Waals surface area (Å²) in [7, 11) is 0. The molecule has 3 aliphatic rings. The summed E-state index contributed by atoms with van der Waals surface area (Å²) in [6.07, 6.45) is 2.71. The second-order valence-electron chi connectivity index (χ2n) is 9.94. The first-order chi connectivity index (χ1) is 16.6. The highest BCUT2D eigenvalue weighted by molar-refractivity contribution is 5.96. The summed E-state index contributed by atoms with van der Waals surface area (Å²) >= 11 is 0. The van der Waals surface area contributed by atoms with Crippen molar-refractivity contribution in [3.05, 3.63) is 35.6 Å². The zero-order chi connectivity index (χ0) is 25.3. The number of rotatable bonds is 8. The van der Waals surface area contributed by atoms with Crippen LogP contribution in [0.3, 0.4) is 0 Å². The number of halogens is 3. The maximum Gasteiger partial charge on any atom is 0.265 e. The van der Waals surface area contributed by atoms with E-state index in [1.807, 2.05) is 0 Å². The van der Waals surface area contributed by atoms with Crippen LogP contribution in [0.25, 0.3) is 0 Å². The first-order valence-corrected chi connectivity index (χ1v) is 12.1. The van der Waals surface area contributed by atoms with Crippen molar-refractivity contribution < 1.29 is 32.3 Å². The van der Waals surface area contributed by atoms with Crippen molar-refractivity contribution in [1.82, 2.24) is 15.5 Å². The molecular formula is C25H30F3N3O4. The number of Topliss-reactive ketones (excluding diaryl/α,β-unsaturated/α-hetero) is 1. The lowest BCUT2D eigenvalue weighted by molar-refractivity contribution is -0.149. The van der Waals surface area contributed by atoms with Gasteiger partial charge in [0.1, 0.15) is 18.5 Å². The van der Waals surface area contributed by atoms with Crippen molar-refractivity contribution in [3.8, 4) is 0 Å². The summed E-state index contributed by atoms with van der Waals surface area (Å²) in [5, 5.41) is 5.22. The van der Waals surface area contributed by atoms with Gasteiger partial charge in [0.25, 0.3) is 5.91 Å². The lowest BCUT2D eigenvalue weighted by atomic mass is 9.91. The average molecular weight is 494 g/mol. The zero-order valence-corrected chi connectivity index (χ0v) is 19.6. The van der Waals surface area contributed by atoms with Crippen LogP contribution in [0.4, 0.5) is 13.2 Å². The van der Waals surface area contributed by atoms with E-state index in [4.69, 9.17) is 0 Å². The fraction of sp³-hybridized carbons (Fsp3) is 0.600. The molecule has 0 bridgehead atoms. The van der Waals surface area contributed by atoms with Gasteiger partial charge in [0.05, 0.1) is 6.04 Å². The highest BCUT2D eigenvalue weighted by Crippen LogP contribution is 2.44. The number of benzene rings is 1. The van der Waals surface area contributed by atoms with Crippen LogP contribution in [0.5, 0.6) is 0 Å². The van der Waals surface area contributed by atoms with Crippen molar-refractivity contribution in [3.63, 3.8) is 0 Å². The van der Waals surface area contributed by atoms with Gasteiger partial charge in [0.15, 0.2) is 5.78 Å². The molecule has 0 aromatic heterocycles. The molecule has 2 N–H and O–H groups in total. The summed E-state index contributed by atoms with van der Waals surface area (Å²) in [5.74, 6) is -4.17. The molecule has 3 amide bonds. The van der Waals surface area contributed by atoms with E-state index >= 15 is 4.39 Å². The predicted octanol–water partition coefficient (Wildman–Crippen LogP) is 2.19. The third-order valence-corrected chi connectivity index (χ3v) is 7.71. The van der Waals surface area contributed by atoms with E-state index in [1.54, 1.807) is 0 Å². The van der Waals surface area contributed by atoms with Crippen molar-refractivity contribution in [2.45, 2.75) is 56.8 Å². The highest BCUT2D eigenvalue weighted by Gasteiger charge is 2.53. The third-order valence-electron chi connectivity index (χ3n) is 7.71. The number of likely N-dealkylation sites (tertiary alicyclic amines) is 1. The van der Waals surface area contributed by atoms with Gasteiger partial charge in [0.2, 0.25) is 17.5 Å². The number of fused-ring (bicyclic) bond motifs is 1. The first-order valence-electron chi connectivity index (χ1n) is 12.1. The number of nitrogens with one attached hydrogen (secondary N) is 2. The van der Waals surface area contributed by atoms with Gasteiger partial charge >= 0.3 is 0 Å². The quantitative estimate of drug-likeness (QED) is 0.581. The number of carbonyl (C=O) groups excluding carboxylic acids is 4. The fourth-order valence-corrected chi connectivity index (χ4v) is 5.80.